The predicted molar refractivity (Wildman–Crippen MR) is 56.6 cm³/mol. The molecule has 0 aromatic heterocycles. The molecule has 0 saturated heterocycles. The number of methoxy groups -OCH3 is 1. The number of carbonyl (C=O) groups excluding carboxylic acids is 1. The molecule has 2 N–H and O–H groups in total. The quantitative estimate of drug-likeness (QED) is 0.561. The van der Waals surface area contributed by atoms with Crippen LogP contribution in [0.3, 0.4) is 0 Å². The summed E-state index contributed by atoms with van der Waals surface area (Å²) < 4.78 is 10.1. The van der Waals surface area contributed by atoms with E-state index in [1.165, 1.54) is 0 Å². The van der Waals surface area contributed by atoms with Crippen molar-refractivity contribution in [2.24, 2.45) is 0 Å². The standard InChI is InChI=1S/C10H21NO4/c1-10(2,14-3)8-9(13)11-4-6-15-7-5-12/h12H,4-8H2,1-3H3,(H,11,13). The fraction of sp³-hybridized carbons (Fsp3) is 0.900. The summed E-state index contributed by atoms with van der Waals surface area (Å²) in [6.07, 6.45) is 0.323. The van der Waals surface area contributed by atoms with Crippen LogP contribution in [-0.4, -0.2) is 50.1 Å². The zero-order valence-corrected chi connectivity index (χ0v) is 9.71. The van der Waals surface area contributed by atoms with Gasteiger partial charge in [-0.2, -0.15) is 0 Å². The lowest BCUT2D eigenvalue weighted by atomic mass is 10.1. The Kier molecular flexibility index (Phi) is 7.29. The lowest BCUT2D eigenvalue weighted by Gasteiger charge is -2.21. The van der Waals surface area contributed by atoms with Crippen molar-refractivity contribution in [1.29, 1.82) is 0 Å². The lowest BCUT2D eigenvalue weighted by molar-refractivity contribution is -0.126. The van der Waals surface area contributed by atoms with Gasteiger partial charge in [-0.25, -0.2) is 0 Å². The Morgan fingerprint density at radius 1 is 1.40 bits per heavy atom. The van der Waals surface area contributed by atoms with Crippen LogP contribution in [0.5, 0.6) is 0 Å². The van der Waals surface area contributed by atoms with Crippen LogP contribution < -0.4 is 5.32 Å². The summed E-state index contributed by atoms with van der Waals surface area (Å²) in [6, 6.07) is 0. The molecule has 0 aromatic rings. The van der Waals surface area contributed by atoms with Gasteiger partial charge in [0, 0.05) is 13.7 Å². The molecule has 0 aromatic carbocycles. The molecule has 90 valence electrons. The summed E-state index contributed by atoms with van der Waals surface area (Å²) in [4.78, 5) is 11.4. The second-order valence-electron chi connectivity index (χ2n) is 3.83. The van der Waals surface area contributed by atoms with Crippen LogP contribution in [0, 0.1) is 0 Å². The third kappa shape index (κ3) is 8.35. The number of hydrogen-bond acceptors (Lipinski definition) is 4. The molecule has 0 aliphatic heterocycles. The van der Waals surface area contributed by atoms with Crippen LogP contribution in [0.1, 0.15) is 20.3 Å². The van der Waals surface area contributed by atoms with Gasteiger partial charge < -0.3 is 19.9 Å². The van der Waals surface area contributed by atoms with E-state index < -0.39 is 5.60 Å². The summed E-state index contributed by atoms with van der Waals surface area (Å²) in [6.45, 7) is 4.89. The zero-order valence-electron chi connectivity index (χ0n) is 9.71. The summed E-state index contributed by atoms with van der Waals surface area (Å²) in [5, 5.41) is 11.1. The zero-order chi connectivity index (χ0) is 11.7. The molecule has 0 radical (unpaired) electrons. The first-order valence-corrected chi connectivity index (χ1v) is 5.02. The summed E-state index contributed by atoms with van der Waals surface area (Å²) in [5.41, 5.74) is -0.434. The second kappa shape index (κ2) is 7.62. The van der Waals surface area contributed by atoms with Crippen molar-refractivity contribution in [1.82, 2.24) is 5.32 Å². The van der Waals surface area contributed by atoms with E-state index in [9.17, 15) is 4.79 Å². The molecule has 0 rings (SSSR count). The maximum atomic E-state index is 11.4. The maximum Gasteiger partial charge on any atom is 0.222 e. The van der Waals surface area contributed by atoms with E-state index in [1.807, 2.05) is 13.8 Å². The average molecular weight is 219 g/mol. The second-order valence-corrected chi connectivity index (χ2v) is 3.83. The molecule has 15 heavy (non-hydrogen) atoms. The largest absolute Gasteiger partial charge is 0.394 e. The number of ether oxygens (including phenoxy) is 2. The third-order valence-corrected chi connectivity index (χ3v) is 1.94. The van der Waals surface area contributed by atoms with E-state index in [-0.39, 0.29) is 12.5 Å². The molecule has 0 saturated carbocycles. The van der Waals surface area contributed by atoms with Gasteiger partial charge in [-0.05, 0) is 13.8 Å². The molecule has 5 heteroatoms. The van der Waals surface area contributed by atoms with Gasteiger partial charge in [-0.3, -0.25) is 4.79 Å². The molecule has 0 aliphatic carbocycles. The van der Waals surface area contributed by atoms with Gasteiger partial charge in [-0.15, -0.1) is 0 Å². The number of aliphatic hydroxyl groups is 1. The fourth-order valence-electron chi connectivity index (χ4n) is 0.951. The Labute approximate surface area is 90.8 Å². The maximum absolute atomic E-state index is 11.4. The van der Waals surface area contributed by atoms with Crippen molar-refractivity contribution in [3.63, 3.8) is 0 Å². The van der Waals surface area contributed by atoms with E-state index in [4.69, 9.17) is 14.6 Å². The van der Waals surface area contributed by atoms with Gasteiger partial charge in [0.05, 0.1) is 31.8 Å². The summed E-state index contributed by atoms with van der Waals surface area (Å²) in [7, 11) is 1.58. The Morgan fingerprint density at radius 2 is 2.07 bits per heavy atom. The minimum Gasteiger partial charge on any atom is -0.394 e. The summed E-state index contributed by atoms with van der Waals surface area (Å²) >= 11 is 0. The van der Waals surface area contributed by atoms with Crippen molar-refractivity contribution < 1.29 is 19.4 Å². The molecule has 0 fully saturated rings. The van der Waals surface area contributed by atoms with E-state index in [0.717, 1.165) is 0 Å². The smallest absolute Gasteiger partial charge is 0.222 e. The Hall–Kier alpha value is -0.650. The minimum absolute atomic E-state index is 0.00462. The van der Waals surface area contributed by atoms with Crippen molar-refractivity contribution in [2.75, 3.05) is 33.5 Å². The molecule has 0 heterocycles. The highest BCUT2D eigenvalue weighted by molar-refractivity contribution is 5.76. The number of aliphatic hydroxyl groups excluding tert-OH is 1. The summed E-state index contributed by atoms with van der Waals surface area (Å²) in [5.74, 6) is -0.0607. The minimum atomic E-state index is -0.434. The predicted octanol–water partition coefficient (Wildman–Crippen LogP) is -0.0734. The first kappa shape index (κ1) is 14.3. The van der Waals surface area contributed by atoms with Gasteiger partial charge in [0.2, 0.25) is 5.91 Å². The highest BCUT2D eigenvalue weighted by Gasteiger charge is 2.20. The monoisotopic (exact) mass is 219 g/mol. The molecular formula is C10H21NO4. The van der Waals surface area contributed by atoms with Crippen molar-refractivity contribution in [3.8, 4) is 0 Å². The molecule has 5 nitrogen and oxygen atoms in total. The highest BCUT2D eigenvalue weighted by atomic mass is 16.5. The lowest BCUT2D eigenvalue weighted by Crippen LogP contribution is -2.35. The van der Waals surface area contributed by atoms with Crippen LogP contribution in [0.25, 0.3) is 0 Å². The van der Waals surface area contributed by atoms with Crippen LogP contribution in [-0.2, 0) is 14.3 Å². The number of carbonyl (C=O) groups is 1. The molecule has 1 amide bonds. The fourth-order valence-corrected chi connectivity index (χ4v) is 0.951. The first-order valence-electron chi connectivity index (χ1n) is 5.02. The number of rotatable bonds is 8. The van der Waals surface area contributed by atoms with Crippen molar-refractivity contribution >= 4 is 5.91 Å². The average Bonchev–Trinajstić information content (AvgIpc) is 2.17. The van der Waals surface area contributed by atoms with Gasteiger partial charge in [-0.1, -0.05) is 0 Å². The van der Waals surface area contributed by atoms with E-state index >= 15 is 0 Å². The van der Waals surface area contributed by atoms with Crippen LogP contribution >= 0.6 is 0 Å². The van der Waals surface area contributed by atoms with E-state index in [1.54, 1.807) is 7.11 Å². The van der Waals surface area contributed by atoms with Crippen LogP contribution in [0.4, 0.5) is 0 Å². The molecule has 0 atom stereocenters. The Bertz CT molecular complexity index is 182. The Balaban J connectivity index is 3.49. The van der Waals surface area contributed by atoms with Crippen molar-refractivity contribution in [3.05, 3.63) is 0 Å². The van der Waals surface area contributed by atoms with Crippen LogP contribution in [0.2, 0.25) is 0 Å². The van der Waals surface area contributed by atoms with Crippen molar-refractivity contribution in [2.45, 2.75) is 25.9 Å². The van der Waals surface area contributed by atoms with Gasteiger partial charge in [0.25, 0.3) is 0 Å². The number of hydrogen-bond donors (Lipinski definition) is 2. The molecule has 0 unspecified atom stereocenters. The third-order valence-electron chi connectivity index (χ3n) is 1.94. The van der Waals surface area contributed by atoms with Crippen LogP contribution in [0.15, 0.2) is 0 Å². The SMILES string of the molecule is COC(C)(C)CC(=O)NCCOCCO. The number of nitrogens with one attached hydrogen (secondary N) is 1. The molecule has 0 bridgehead atoms. The van der Waals surface area contributed by atoms with Gasteiger partial charge in [0.15, 0.2) is 0 Å². The van der Waals surface area contributed by atoms with E-state index in [0.29, 0.717) is 26.2 Å². The molecule has 0 aliphatic rings. The van der Waals surface area contributed by atoms with Gasteiger partial charge >= 0.3 is 0 Å². The Morgan fingerprint density at radius 3 is 2.60 bits per heavy atom. The topological polar surface area (TPSA) is 67.8 Å². The van der Waals surface area contributed by atoms with E-state index in [2.05, 4.69) is 5.32 Å². The normalized spacial score (nSPS) is 11.5. The highest BCUT2D eigenvalue weighted by Crippen LogP contribution is 2.11. The molecular weight excluding hydrogens is 198 g/mol. The first-order chi connectivity index (χ1) is 7.02. The van der Waals surface area contributed by atoms with Gasteiger partial charge in [0.1, 0.15) is 0 Å². The molecule has 0 spiro atoms. The number of amides is 1.